The topological polar surface area (TPSA) is 8.82 Å². The minimum atomic E-state index is 1.24. The summed E-state index contributed by atoms with van der Waals surface area (Å²) in [5, 5.41) is 10.5. The van der Waals surface area contributed by atoms with Crippen LogP contribution in [-0.4, -0.2) is 8.80 Å². The molecule has 4 aromatic heterocycles. The van der Waals surface area contributed by atoms with Crippen LogP contribution in [0.2, 0.25) is 0 Å². The van der Waals surface area contributed by atoms with E-state index in [2.05, 4.69) is 154 Å². The van der Waals surface area contributed by atoms with Gasteiger partial charge in [-0.1, -0.05) is 91.0 Å². The molecule has 0 spiro atoms. The number of aromatic nitrogens is 2. The van der Waals surface area contributed by atoms with Crippen molar-refractivity contribution in [2.24, 2.45) is 0 Å². The van der Waals surface area contributed by atoms with Crippen molar-refractivity contribution in [1.29, 1.82) is 0 Å². The summed E-state index contributed by atoms with van der Waals surface area (Å²) in [4.78, 5) is 0. The third-order valence-electron chi connectivity index (χ3n) is 9.94. The number of hydrogen-bond acceptors (Lipinski definition) is 0. The van der Waals surface area contributed by atoms with E-state index in [0.29, 0.717) is 0 Å². The van der Waals surface area contributed by atoms with Crippen molar-refractivity contribution in [2.45, 2.75) is 0 Å². The molecule has 0 aliphatic rings. The maximum atomic E-state index is 2.47. The minimum Gasteiger partial charge on any atom is -0.308 e. The quantitative estimate of drug-likeness (QED) is 0.200. The molecule has 0 saturated heterocycles. The summed E-state index contributed by atoms with van der Waals surface area (Å²) in [7, 11) is 0. The molecule has 44 heavy (non-hydrogen) atoms. The molecule has 202 valence electrons. The number of nitrogens with zero attached hydrogens (tertiary/aromatic N) is 2. The number of rotatable bonds is 2. The highest BCUT2D eigenvalue weighted by Gasteiger charge is 2.22. The largest absolute Gasteiger partial charge is 0.308 e. The Labute approximate surface area is 252 Å². The maximum Gasteiger partial charge on any atom is 0.0620 e. The molecule has 0 bridgehead atoms. The van der Waals surface area contributed by atoms with Gasteiger partial charge in [0.05, 0.1) is 33.1 Å². The van der Waals surface area contributed by atoms with Crippen molar-refractivity contribution in [2.75, 3.05) is 0 Å². The van der Waals surface area contributed by atoms with Crippen LogP contribution in [0.5, 0.6) is 0 Å². The van der Waals surface area contributed by atoms with Gasteiger partial charge in [0.25, 0.3) is 0 Å². The predicted octanol–water partition coefficient (Wildman–Crippen LogP) is 11.3. The van der Waals surface area contributed by atoms with Crippen LogP contribution in [0.3, 0.4) is 0 Å². The number of fused-ring (bicyclic) bond motifs is 12. The van der Waals surface area contributed by atoms with Crippen LogP contribution in [0.4, 0.5) is 0 Å². The Bertz CT molecular complexity index is 2840. The van der Waals surface area contributed by atoms with Crippen LogP contribution in [0.15, 0.2) is 146 Å². The molecule has 0 atom stereocenters. The molecule has 4 heterocycles. The Balaban J connectivity index is 1.29. The van der Waals surface area contributed by atoms with Gasteiger partial charge in [-0.25, -0.2) is 0 Å². The number of benzene rings is 7. The first-order chi connectivity index (χ1) is 21.8. The highest BCUT2D eigenvalue weighted by atomic mass is 14.9. The molecule has 0 aliphatic carbocycles. The lowest BCUT2D eigenvalue weighted by molar-refractivity contribution is 1.37. The van der Waals surface area contributed by atoms with Crippen LogP contribution >= 0.6 is 0 Å². The second kappa shape index (κ2) is 7.94. The van der Waals surface area contributed by atoms with E-state index in [-0.39, 0.29) is 0 Å². The molecule has 0 amide bonds. The standard InChI is InChI=1S/C42H24N2/c1-2-10-25(11-3-1)26-18-19-40-32(20-26)36-24-28(23-35-31-14-6-9-17-39(31)44(40)42(35)36)27-21-33-29-12-4-7-15-37(29)43-38-16-8-5-13-30(38)34(22-27)41(33)43/h1-24H. The molecule has 2 nitrogen and oxygen atoms in total. The predicted molar refractivity (Wildman–Crippen MR) is 187 cm³/mol. The van der Waals surface area contributed by atoms with E-state index in [0.717, 1.165) is 0 Å². The van der Waals surface area contributed by atoms with Gasteiger partial charge < -0.3 is 8.80 Å². The van der Waals surface area contributed by atoms with Gasteiger partial charge in [0.2, 0.25) is 0 Å². The van der Waals surface area contributed by atoms with Crippen LogP contribution < -0.4 is 0 Å². The van der Waals surface area contributed by atoms with Gasteiger partial charge in [-0.3, -0.25) is 0 Å². The van der Waals surface area contributed by atoms with E-state index < -0.39 is 0 Å². The van der Waals surface area contributed by atoms with Crippen molar-refractivity contribution in [3.63, 3.8) is 0 Å². The van der Waals surface area contributed by atoms with Crippen molar-refractivity contribution in [3.05, 3.63) is 146 Å². The van der Waals surface area contributed by atoms with E-state index in [1.165, 1.54) is 98.4 Å². The molecule has 7 aromatic carbocycles. The van der Waals surface area contributed by atoms with Gasteiger partial charge in [0, 0.05) is 43.1 Å². The zero-order valence-electron chi connectivity index (χ0n) is 23.8. The fraction of sp³-hybridized carbons (Fsp3) is 0. The Morgan fingerprint density at radius 1 is 0.250 bits per heavy atom. The molecular weight excluding hydrogens is 532 g/mol. The molecule has 11 rings (SSSR count). The van der Waals surface area contributed by atoms with Gasteiger partial charge in [0.1, 0.15) is 0 Å². The average molecular weight is 557 g/mol. The lowest BCUT2D eigenvalue weighted by Gasteiger charge is -2.07. The summed E-state index contributed by atoms with van der Waals surface area (Å²) >= 11 is 0. The van der Waals surface area contributed by atoms with E-state index >= 15 is 0 Å². The summed E-state index contributed by atoms with van der Waals surface area (Å²) < 4.78 is 4.93. The van der Waals surface area contributed by atoms with Crippen molar-refractivity contribution < 1.29 is 0 Å². The smallest absolute Gasteiger partial charge is 0.0620 e. The third kappa shape index (κ3) is 2.72. The van der Waals surface area contributed by atoms with Crippen LogP contribution in [-0.2, 0) is 0 Å². The second-order valence-electron chi connectivity index (χ2n) is 12.2. The molecular formula is C42H24N2. The SMILES string of the molecule is c1ccc(-c2ccc3c(c2)c2cc(-c4cc5c6ccccc6n6c7ccccc7c(c4)c56)cc4c5ccccc5n3c42)cc1. The first-order valence-corrected chi connectivity index (χ1v) is 15.3. The van der Waals surface area contributed by atoms with Gasteiger partial charge in [-0.15, -0.1) is 0 Å². The average Bonchev–Trinajstić information content (AvgIpc) is 3.81. The van der Waals surface area contributed by atoms with Crippen LogP contribution in [0.25, 0.3) is 98.4 Å². The Morgan fingerprint density at radius 2 is 0.636 bits per heavy atom. The van der Waals surface area contributed by atoms with Crippen LogP contribution in [0, 0.1) is 0 Å². The summed E-state index contributed by atoms with van der Waals surface area (Å²) in [6.07, 6.45) is 0. The summed E-state index contributed by atoms with van der Waals surface area (Å²) in [5.41, 5.74) is 12.7. The molecule has 11 aromatic rings. The summed E-state index contributed by atoms with van der Waals surface area (Å²) in [5.74, 6) is 0. The fourth-order valence-corrected chi connectivity index (χ4v) is 8.09. The van der Waals surface area contributed by atoms with Gasteiger partial charge in [-0.2, -0.15) is 0 Å². The zero-order chi connectivity index (χ0) is 28.5. The lowest BCUT2D eigenvalue weighted by atomic mass is 9.95. The maximum absolute atomic E-state index is 2.47. The van der Waals surface area contributed by atoms with Crippen molar-refractivity contribution >= 4 is 76.2 Å². The zero-order valence-corrected chi connectivity index (χ0v) is 23.8. The third-order valence-corrected chi connectivity index (χ3v) is 9.94. The molecule has 0 fully saturated rings. The van der Waals surface area contributed by atoms with E-state index in [4.69, 9.17) is 0 Å². The number of para-hydroxylation sites is 3. The van der Waals surface area contributed by atoms with E-state index in [9.17, 15) is 0 Å². The fourth-order valence-electron chi connectivity index (χ4n) is 8.09. The monoisotopic (exact) mass is 556 g/mol. The Hall–Kier alpha value is -5.86. The molecule has 0 saturated carbocycles. The highest BCUT2D eigenvalue weighted by Crippen LogP contribution is 2.45. The summed E-state index contributed by atoms with van der Waals surface area (Å²) in [6, 6.07) is 53.9. The number of hydrogen-bond donors (Lipinski definition) is 0. The second-order valence-corrected chi connectivity index (χ2v) is 12.2. The summed E-state index contributed by atoms with van der Waals surface area (Å²) in [6.45, 7) is 0. The molecule has 0 N–H and O–H groups in total. The Kier molecular flexibility index (Phi) is 4.10. The molecule has 2 heteroatoms. The van der Waals surface area contributed by atoms with Gasteiger partial charge >= 0.3 is 0 Å². The molecule has 0 unspecified atom stereocenters. The van der Waals surface area contributed by atoms with Crippen molar-refractivity contribution in [3.8, 4) is 22.3 Å². The van der Waals surface area contributed by atoms with Gasteiger partial charge in [0.15, 0.2) is 0 Å². The minimum absolute atomic E-state index is 1.24. The first kappa shape index (κ1) is 22.7. The lowest BCUT2D eigenvalue weighted by Crippen LogP contribution is -1.82. The highest BCUT2D eigenvalue weighted by molar-refractivity contribution is 6.27. The van der Waals surface area contributed by atoms with Crippen LogP contribution in [0.1, 0.15) is 0 Å². The normalized spacial score (nSPS) is 12.5. The first-order valence-electron chi connectivity index (χ1n) is 15.3. The van der Waals surface area contributed by atoms with Crippen molar-refractivity contribution in [1.82, 2.24) is 8.80 Å². The molecule has 0 aliphatic heterocycles. The van der Waals surface area contributed by atoms with E-state index in [1.807, 2.05) is 0 Å². The molecule has 0 radical (unpaired) electrons. The van der Waals surface area contributed by atoms with E-state index in [1.54, 1.807) is 0 Å². The Morgan fingerprint density at radius 3 is 1.14 bits per heavy atom. The van der Waals surface area contributed by atoms with Gasteiger partial charge in [-0.05, 0) is 76.9 Å².